The Morgan fingerprint density at radius 3 is 2.60 bits per heavy atom. The maximum Gasteiger partial charge on any atom is 0.416 e. The molecule has 0 saturated heterocycles. The van der Waals surface area contributed by atoms with Crippen LogP contribution in [0.1, 0.15) is 27.0 Å². The van der Waals surface area contributed by atoms with Crippen molar-refractivity contribution in [2.24, 2.45) is 0 Å². The summed E-state index contributed by atoms with van der Waals surface area (Å²) in [6, 6.07) is 12.1. The highest BCUT2D eigenvalue weighted by atomic mass is 19.4. The van der Waals surface area contributed by atoms with Crippen LogP contribution in [0.2, 0.25) is 0 Å². The maximum atomic E-state index is 13.2. The molecule has 0 atom stereocenters. The minimum absolute atomic E-state index is 0.0572. The van der Waals surface area contributed by atoms with Crippen molar-refractivity contribution in [1.82, 2.24) is 9.97 Å². The van der Waals surface area contributed by atoms with Gasteiger partial charge in [-0.05, 0) is 61.4 Å². The van der Waals surface area contributed by atoms with Crippen molar-refractivity contribution in [3.63, 3.8) is 0 Å². The number of anilines is 1. The number of nitrogens with one attached hydrogen (secondary N) is 1. The number of carbonyl (C=O) groups excluding carboxylic acids is 1. The molecule has 8 heteroatoms. The molecular formula is C22H16F3N3O2. The van der Waals surface area contributed by atoms with Gasteiger partial charge in [-0.25, -0.2) is 4.98 Å². The molecule has 0 unspecified atom stereocenters. The molecule has 4 rings (SSSR count). The Kier molecular flexibility index (Phi) is 4.77. The number of benzene rings is 2. The van der Waals surface area contributed by atoms with Gasteiger partial charge < -0.3 is 9.73 Å². The Bertz CT molecular complexity index is 1230. The lowest BCUT2D eigenvalue weighted by Gasteiger charge is -2.14. The van der Waals surface area contributed by atoms with Gasteiger partial charge in [0.05, 0.1) is 5.56 Å². The van der Waals surface area contributed by atoms with Crippen molar-refractivity contribution in [1.29, 1.82) is 0 Å². The second-order valence-corrected chi connectivity index (χ2v) is 6.80. The summed E-state index contributed by atoms with van der Waals surface area (Å²) in [7, 11) is 0. The Morgan fingerprint density at radius 2 is 1.87 bits per heavy atom. The van der Waals surface area contributed by atoms with E-state index in [4.69, 9.17) is 4.42 Å². The van der Waals surface area contributed by atoms with Gasteiger partial charge in [-0.2, -0.15) is 18.2 Å². The fourth-order valence-corrected chi connectivity index (χ4v) is 3.15. The Hall–Kier alpha value is -3.68. The van der Waals surface area contributed by atoms with Gasteiger partial charge in [-0.1, -0.05) is 12.1 Å². The van der Waals surface area contributed by atoms with Crippen molar-refractivity contribution in [2.75, 3.05) is 5.32 Å². The van der Waals surface area contributed by atoms with Gasteiger partial charge in [0.15, 0.2) is 11.2 Å². The summed E-state index contributed by atoms with van der Waals surface area (Å²) in [5.74, 6) is -0.299. The molecule has 2 aromatic carbocycles. The van der Waals surface area contributed by atoms with Crippen LogP contribution in [0.4, 0.5) is 18.9 Å². The molecular weight excluding hydrogens is 395 g/mol. The first-order chi connectivity index (χ1) is 14.2. The molecule has 2 aromatic heterocycles. The smallest absolute Gasteiger partial charge is 0.416 e. The minimum Gasteiger partial charge on any atom is -0.434 e. The number of halogens is 3. The van der Waals surface area contributed by atoms with E-state index in [0.717, 1.165) is 6.07 Å². The SMILES string of the molecule is Cc1ccc(C(=O)Nc2cccc(-c3nc4ncccc4o3)c2C)cc1C(F)(F)F. The van der Waals surface area contributed by atoms with Crippen LogP contribution in [0.3, 0.4) is 0 Å². The first-order valence-electron chi connectivity index (χ1n) is 9.05. The quantitative estimate of drug-likeness (QED) is 0.464. The van der Waals surface area contributed by atoms with Crippen LogP contribution >= 0.6 is 0 Å². The highest BCUT2D eigenvalue weighted by Gasteiger charge is 2.33. The zero-order valence-electron chi connectivity index (χ0n) is 16.0. The van der Waals surface area contributed by atoms with Gasteiger partial charge in [0.25, 0.3) is 5.91 Å². The molecule has 0 fully saturated rings. The third kappa shape index (κ3) is 3.63. The summed E-state index contributed by atoms with van der Waals surface area (Å²) in [6.07, 6.45) is -2.92. The number of carbonyl (C=O) groups is 1. The van der Waals surface area contributed by atoms with Crippen molar-refractivity contribution in [3.05, 3.63) is 77.0 Å². The van der Waals surface area contributed by atoms with Crippen LogP contribution in [-0.4, -0.2) is 15.9 Å². The van der Waals surface area contributed by atoms with E-state index in [1.165, 1.54) is 19.1 Å². The number of amides is 1. The predicted molar refractivity (Wildman–Crippen MR) is 106 cm³/mol. The van der Waals surface area contributed by atoms with E-state index in [1.54, 1.807) is 43.5 Å². The van der Waals surface area contributed by atoms with Crippen LogP contribution in [0, 0.1) is 13.8 Å². The number of alkyl halides is 3. The normalized spacial score (nSPS) is 11.6. The Labute approximate surface area is 169 Å². The molecule has 2 heterocycles. The standard InChI is InChI=1S/C22H16F3N3O2/c1-12-8-9-14(11-16(12)22(23,24)25)20(29)27-17-6-3-5-15(13(17)2)21-28-19-18(30-21)7-4-10-26-19/h3-11H,1-2H3,(H,27,29). The minimum atomic E-state index is -4.53. The van der Waals surface area contributed by atoms with Gasteiger partial charge >= 0.3 is 6.18 Å². The molecule has 0 aliphatic rings. The number of aryl methyl sites for hydroxylation is 1. The zero-order chi connectivity index (χ0) is 21.5. The van der Waals surface area contributed by atoms with Crippen LogP contribution < -0.4 is 5.32 Å². The summed E-state index contributed by atoms with van der Waals surface area (Å²) < 4.78 is 45.2. The molecule has 4 aromatic rings. The average Bonchev–Trinajstić information content (AvgIpc) is 3.13. The number of aromatic nitrogens is 2. The van der Waals surface area contributed by atoms with E-state index in [0.29, 0.717) is 33.9 Å². The van der Waals surface area contributed by atoms with Crippen LogP contribution in [0.25, 0.3) is 22.7 Å². The fraction of sp³-hybridized carbons (Fsp3) is 0.136. The molecule has 0 aliphatic heterocycles. The van der Waals surface area contributed by atoms with Gasteiger partial charge in [-0.3, -0.25) is 4.79 Å². The van der Waals surface area contributed by atoms with Gasteiger partial charge in [0, 0.05) is 23.0 Å². The summed E-state index contributed by atoms with van der Waals surface area (Å²) in [6.45, 7) is 3.12. The van der Waals surface area contributed by atoms with E-state index in [-0.39, 0.29) is 11.1 Å². The van der Waals surface area contributed by atoms with Crippen LogP contribution in [0.15, 0.2) is 59.1 Å². The number of pyridine rings is 1. The third-order valence-electron chi connectivity index (χ3n) is 4.78. The van der Waals surface area contributed by atoms with Crippen LogP contribution in [-0.2, 0) is 6.18 Å². The highest BCUT2D eigenvalue weighted by molar-refractivity contribution is 6.05. The lowest BCUT2D eigenvalue weighted by molar-refractivity contribution is -0.138. The molecule has 0 aliphatic carbocycles. The molecule has 152 valence electrons. The first kappa shape index (κ1) is 19.6. The fourth-order valence-electron chi connectivity index (χ4n) is 3.15. The topological polar surface area (TPSA) is 68.0 Å². The molecule has 1 N–H and O–H groups in total. The molecule has 0 bridgehead atoms. The average molecular weight is 411 g/mol. The van der Waals surface area contributed by atoms with Gasteiger partial charge in [0.2, 0.25) is 5.89 Å². The molecule has 0 saturated carbocycles. The largest absolute Gasteiger partial charge is 0.434 e. The maximum absolute atomic E-state index is 13.2. The van der Waals surface area contributed by atoms with Crippen molar-refractivity contribution in [2.45, 2.75) is 20.0 Å². The van der Waals surface area contributed by atoms with Gasteiger partial charge in [-0.15, -0.1) is 0 Å². The molecule has 5 nitrogen and oxygen atoms in total. The number of oxazole rings is 1. The summed E-state index contributed by atoms with van der Waals surface area (Å²) in [5.41, 5.74) is 1.89. The molecule has 0 spiro atoms. The van der Waals surface area contributed by atoms with Gasteiger partial charge in [0.1, 0.15) is 0 Å². The first-order valence-corrected chi connectivity index (χ1v) is 9.05. The lowest BCUT2D eigenvalue weighted by Crippen LogP contribution is -2.15. The molecule has 0 radical (unpaired) electrons. The van der Waals surface area contributed by atoms with E-state index in [1.807, 2.05) is 0 Å². The van der Waals surface area contributed by atoms with E-state index >= 15 is 0 Å². The number of rotatable bonds is 3. The third-order valence-corrected chi connectivity index (χ3v) is 4.78. The Balaban J connectivity index is 1.66. The van der Waals surface area contributed by atoms with Crippen LogP contribution in [0.5, 0.6) is 0 Å². The van der Waals surface area contributed by atoms with E-state index in [9.17, 15) is 18.0 Å². The lowest BCUT2D eigenvalue weighted by atomic mass is 10.0. The van der Waals surface area contributed by atoms with Crippen molar-refractivity contribution < 1.29 is 22.4 Å². The monoisotopic (exact) mass is 411 g/mol. The van der Waals surface area contributed by atoms with Crippen molar-refractivity contribution in [3.8, 4) is 11.5 Å². The highest BCUT2D eigenvalue weighted by Crippen LogP contribution is 2.33. The summed E-state index contributed by atoms with van der Waals surface area (Å²) in [5, 5.41) is 2.68. The predicted octanol–water partition coefficient (Wildman–Crippen LogP) is 5.78. The number of fused-ring (bicyclic) bond motifs is 1. The van der Waals surface area contributed by atoms with Crippen molar-refractivity contribution >= 4 is 22.8 Å². The Morgan fingerprint density at radius 1 is 1.07 bits per heavy atom. The zero-order valence-corrected chi connectivity index (χ0v) is 16.0. The second-order valence-electron chi connectivity index (χ2n) is 6.80. The summed E-state index contributed by atoms with van der Waals surface area (Å²) >= 11 is 0. The number of hydrogen-bond donors (Lipinski definition) is 1. The summed E-state index contributed by atoms with van der Waals surface area (Å²) in [4.78, 5) is 21.1. The molecule has 30 heavy (non-hydrogen) atoms. The number of hydrogen-bond acceptors (Lipinski definition) is 4. The van der Waals surface area contributed by atoms with E-state index in [2.05, 4.69) is 15.3 Å². The van der Waals surface area contributed by atoms with E-state index < -0.39 is 17.6 Å². The second kappa shape index (κ2) is 7.29. The molecule has 1 amide bonds. The number of nitrogens with zero attached hydrogens (tertiary/aromatic N) is 2.